The molecule has 0 aliphatic rings. The molecule has 1 aromatic carbocycles. The van der Waals surface area contributed by atoms with Gasteiger partial charge in [-0.15, -0.1) is 24.0 Å². The van der Waals surface area contributed by atoms with Crippen molar-refractivity contribution < 1.29 is 4.52 Å². The monoisotopic (exact) mass is 485 g/mol. The number of halogens is 1. The molecule has 2 rings (SSSR count). The Kier molecular flexibility index (Phi) is 10.2. The highest BCUT2D eigenvalue weighted by atomic mass is 127. The zero-order valence-corrected chi connectivity index (χ0v) is 19.3. The molecule has 0 aliphatic carbocycles. The molecule has 0 bridgehead atoms. The fourth-order valence-electron chi connectivity index (χ4n) is 2.82. The maximum atomic E-state index is 5.41. The first-order chi connectivity index (χ1) is 12.6. The van der Waals surface area contributed by atoms with Crippen LogP contribution in [0.15, 0.2) is 33.8 Å². The Morgan fingerprint density at radius 2 is 1.81 bits per heavy atom. The second-order valence-corrected chi connectivity index (χ2v) is 6.40. The summed E-state index contributed by atoms with van der Waals surface area (Å²) < 4.78 is 5.41. The molecule has 2 N–H and O–H groups in total. The Labute approximate surface area is 179 Å². The van der Waals surface area contributed by atoms with Crippen LogP contribution in [-0.2, 0) is 25.8 Å². The van der Waals surface area contributed by atoms with Crippen LogP contribution in [0.3, 0.4) is 0 Å². The number of hydrogen-bond acceptors (Lipinski definition) is 4. The smallest absolute Gasteiger partial charge is 0.191 e. The molecule has 150 valence electrons. The number of aromatic nitrogens is 1. The first-order valence-corrected chi connectivity index (χ1v) is 9.26. The summed E-state index contributed by atoms with van der Waals surface area (Å²) in [5.74, 6) is 1.74. The highest BCUT2D eigenvalue weighted by Crippen LogP contribution is 2.15. The number of aliphatic imine (C=N–C) groups is 1. The molecule has 0 radical (unpaired) electrons. The van der Waals surface area contributed by atoms with Crippen LogP contribution in [0, 0.1) is 0 Å². The quantitative estimate of drug-likeness (QED) is 0.341. The van der Waals surface area contributed by atoms with E-state index in [-0.39, 0.29) is 24.0 Å². The van der Waals surface area contributed by atoms with Crippen LogP contribution >= 0.6 is 24.0 Å². The molecule has 0 fully saturated rings. The maximum absolute atomic E-state index is 5.41. The van der Waals surface area contributed by atoms with Gasteiger partial charge in [0.2, 0.25) is 0 Å². The number of guanidine groups is 1. The van der Waals surface area contributed by atoms with Gasteiger partial charge in [-0.05, 0) is 30.5 Å². The molecule has 0 saturated heterocycles. The van der Waals surface area contributed by atoms with Gasteiger partial charge in [0, 0.05) is 51.9 Å². The molecule has 1 aromatic heterocycles. The van der Waals surface area contributed by atoms with Gasteiger partial charge in [-0.1, -0.05) is 31.1 Å². The van der Waals surface area contributed by atoms with Gasteiger partial charge in [0.25, 0.3) is 0 Å². The van der Waals surface area contributed by atoms with Gasteiger partial charge < -0.3 is 20.1 Å². The molecular weight excluding hydrogens is 453 g/mol. The van der Waals surface area contributed by atoms with Crippen molar-refractivity contribution in [3.05, 3.63) is 46.8 Å². The second kappa shape index (κ2) is 11.8. The zero-order chi connectivity index (χ0) is 18.9. The van der Waals surface area contributed by atoms with Crippen LogP contribution in [0.4, 0.5) is 5.69 Å². The first kappa shape index (κ1) is 23.3. The number of rotatable bonds is 8. The Morgan fingerprint density at radius 3 is 2.37 bits per heavy atom. The molecule has 0 amide bonds. The Bertz CT molecular complexity index is 688. The van der Waals surface area contributed by atoms with E-state index < -0.39 is 0 Å². The largest absolute Gasteiger partial charge is 0.378 e. The molecule has 0 saturated carbocycles. The van der Waals surface area contributed by atoms with E-state index in [1.165, 1.54) is 11.3 Å². The molecule has 1 heterocycles. The van der Waals surface area contributed by atoms with E-state index in [0.29, 0.717) is 6.54 Å². The van der Waals surface area contributed by atoms with Crippen molar-refractivity contribution >= 4 is 35.6 Å². The summed E-state index contributed by atoms with van der Waals surface area (Å²) in [5.41, 5.74) is 4.69. The molecular formula is C20H32IN5O. The van der Waals surface area contributed by atoms with Gasteiger partial charge in [-0.3, -0.25) is 4.99 Å². The summed E-state index contributed by atoms with van der Waals surface area (Å²) in [7, 11) is 5.89. The van der Waals surface area contributed by atoms with E-state index in [1.807, 2.05) is 0 Å². The summed E-state index contributed by atoms with van der Waals surface area (Å²) >= 11 is 0. The van der Waals surface area contributed by atoms with Crippen molar-refractivity contribution in [3.8, 4) is 0 Å². The van der Waals surface area contributed by atoms with E-state index >= 15 is 0 Å². The molecule has 0 spiro atoms. The molecule has 0 aliphatic heterocycles. The van der Waals surface area contributed by atoms with E-state index in [2.05, 4.69) is 77.9 Å². The Balaban J connectivity index is 0.00000364. The number of benzene rings is 1. The minimum absolute atomic E-state index is 0. The van der Waals surface area contributed by atoms with E-state index in [4.69, 9.17) is 4.52 Å². The van der Waals surface area contributed by atoms with Crippen molar-refractivity contribution in [1.29, 1.82) is 0 Å². The third-order valence-electron chi connectivity index (χ3n) is 4.42. The van der Waals surface area contributed by atoms with Crippen molar-refractivity contribution in [2.45, 2.75) is 39.7 Å². The highest BCUT2D eigenvalue weighted by Gasteiger charge is 2.13. The summed E-state index contributed by atoms with van der Waals surface area (Å²) in [6.07, 6.45) is 2.66. The van der Waals surface area contributed by atoms with Gasteiger partial charge in [0.1, 0.15) is 5.76 Å². The summed E-state index contributed by atoms with van der Waals surface area (Å²) in [6.45, 7) is 5.67. The van der Waals surface area contributed by atoms with Gasteiger partial charge in [0.15, 0.2) is 5.96 Å². The van der Waals surface area contributed by atoms with E-state index in [1.54, 1.807) is 7.05 Å². The van der Waals surface area contributed by atoms with Gasteiger partial charge in [0.05, 0.1) is 5.69 Å². The number of anilines is 1. The number of hydrogen-bond donors (Lipinski definition) is 2. The maximum Gasteiger partial charge on any atom is 0.191 e. The average molecular weight is 485 g/mol. The minimum Gasteiger partial charge on any atom is -0.378 e. The standard InChI is InChI=1S/C20H31N5O.HI/c1-6-18-17(19(7-2)26-24-18)14-23-20(21-3)22-13-12-15-8-10-16(11-9-15)25(4)5;/h8-11H,6-7,12-14H2,1-5H3,(H2,21,22,23);1H. The topological polar surface area (TPSA) is 65.7 Å². The van der Waals surface area contributed by atoms with Gasteiger partial charge in [-0.2, -0.15) is 0 Å². The van der Waals surface area contributed by atoms with Gasteiger partial charge in [-0.25, -0.2) is 0 Å². The van der Waals surface area contributed by atoms with Crippen LogP contribution in [0.1, 0.15) is 36.4 Å². The first-order valence-electron chi connectivity index (χ1n) is 9.26. The predicted molar refractivity (Wildman–Crippen MR) is 123 cm³/mol. The third kappa shape index (κ3) is 6.71. The third-order valence-corrected chi connectivity index (χ3v) is 4.42. The van der Waals surface area contributed by atoms with Crippen molar-refractivity contribution in [3.63, 3.8) is 0 Å². The lowest BCUT2D eigenvalue weighted by molar-refractivity contribution is 0.380. The van der Waals surface area contributed by atoms with E-state index in [0.717, 1.165) is 48.8 Å². The normalized spacial score (nSPS) is 11.1. The summed E-state index contributed by atoms with van der Waals surface area (Å²) in [5, 5.41) is 10.9. The van der Waals surface area contributed by atoms with Crippen LogP contribution in [0.2, 0.25) is 0 Å². The van der Waals surface area contributed by atoms with E-state index in [9.17, 15) is 0 Å². The Hall–Kier alpha value is -1.77. The minimum atomic E-state index is 0. The summed E-state index contributed by atoms with van der Waals surface area (Å²) in [4.78, 5) is 6.41. The number of aryl methyl sites for hydroxylation is 2. The molecule has 7 heteroatoms. The van der Waals surface area contributed by atoms with Crippen molar-refractivity contribution in [2.24, 2.45) is 4.99 Å². The summed E-state index contributed by atoms with van der Waals surface area (Å²) in [6, 6.07) is 8.64. The second-order valence-electron chi connectivity index (χ2n) is 6.40. The molecule has 0 unspecified atom stereocenters. The lowest BCUT2D eigenvalue weighted by Crippen LogP contribution is -2.38. The van der Waals surface area contributed by atoms with Crippen LogP contribution in [0.5, 0.6) is 0 Å². The lowest BCUT2D eigenvalue weighted by Gasteiger charge is -2.14. The molecule has 2 aromatic rings. The van der Waals surface area contributed by atoms with Crippen LogP contribution in [-0.4, -0.2) is 38.8 Å². The predicted octanol–water partition coefficient (Wildman–Crippen LogP) is 3.39. The fourth-order valence-corrected chi connectivity index (χ4v) is 2.82. The van der Waals surface area contributed by atoms with Crippen LogP contribution in [0.25, 0.3) is 0 Å². The molecule has 6 nitrogen and oxygen atoms in total. The average Bonchev–Trinajstić information content (AvgIpc) is 3.06. The number of nitrogens with one attached hydrogen (secondary N) is 2. The lowest BCUT2D eigenvalue weighted by atomic mass is 10.1. The highest BCUT2D eigenvalue weighted by molar-refractivity contribution is 14.0. The fraction of sp³-hybridized carbons (Fsp3) is 0.500. The number of nitrogens with zero attached hydrogens (tertiary/aromatic N) is 3. The van der Waals surface area contributed by atoms with Gasteiger partial charge >= 0.3 is 0 Å². The van der Waals surface area contributed by atoms with Crippen molar-refractivity contribution in [2.75, 3.05) is 32.6 Å². The zero-order valence-electron chi connectivity index (χ0n) is 17.0. The molecule has 0 atom stereocenters. The van der Waals surface area contributed by atoms with Crippen molar-refractivity contribution in [1.82, 2.24) is 15.8 Å². The Morgan fingerprint density at radius 1 is 1.11 bits per heavy atom. The van der Waals surface area contributed by atoms with Crippen LogP contribution < -0.4 is 15.5 Å². The molecule has 27 heavy (non-hydrogen) atoms. The SMILES string of the molecule is CCc1noc(CC)c1CNC(=NC)NCCc1ccc(N(C)C)cc1.I.